The average molecular weight is 296 g/mol. The lowest BCUT2D eigenvalue weighted by Crippen LogP contribution is -2.63. The fraction of sp³-hybridized carbons (Fsp3) is 0.833. The largest absolute Gasteiger partial charge is 0.479 e. The number of urea groups is 1. The summed E-state index contributed by atoms with van der Waals surface area (Å²) in [4.78, 5) is 23.9. The molecule has 0 spiro atoms. The number of carboxylic acids is 1. The highest BCUT2D eigenvalue weighted by Gasteiger charge is 2.59. The Labute approximate surface area is 115 Å². The van der Waals surface area contributed by atoms with Crippen LogP contribution < -0.4 is 5.32 Å². The molecule has 1 fully saturated rings. The number of halogens is 3. The van der Waals surface area contributed by atoms with Gasteiger partial charge in [0.1, 0.15) is 0 Å². The summed E-state index contributed by atoms with van der Waals surface area (Å²) in [6.07, 6.45) is -4.35. The second kappa shape index (κ2) is 5.49. The number of alkyl halides is 3. The van der Waals surface area contributed by atoms with Crippen LogP contribution in [0.1, 0.15) is 27.2 Å². The fourth-order valence-corrected chi connectivity index (χ4v) is 2.05. The maximum absolute atomic E-state index is 12.8. The molecule has 1 aliphatic heterocycles. The molecule has 1 rings (SSSR count). The summed E-state index contributed by atoms with van der Waals surface area (Å²) in [7, 11) is 0. The van der Waals surface area contributed by atoms with E-state index in [-0.39, 0.29) is 5.92 Å². The van der Waals surface area contributed by atoms with E-state index in [2.05, 4.69) is 0 Å². The van der Waals surface area contributed by atoms with E-state index in [0.717, 1.165) is 0 Å². The Morgan fingerprint density at radius 2 is 1.90 bits per heavy atom. The van der Waals surface area contributed by atoms with Gasteiger partial charge in [-0.15, -0.1) is 0 Å². The molecular formula is C12H19F3N2O3. The summed E-state index contributed by atoms with van der Waals surface area (Å²) in [6, 6.07) is -0.990. The maximum atomic E-state index is 12.8. The van der Waals surface area contributed by atoms with Crippen LogP contribution in [0.5, 0.6) is 0 Å². The topological polar surface area (TPSA) is 69.6 Å². The van der Waals surface area contributed by atoms with Crippen molar-refractivity contribution < 1.29 is 27.9 Å². The number of hydrogen-bond acceptors (Lipinski definition) is 2. The van der Waals surface area contributed by atoms with Crippen LogP contribution in [-0.4, -0.2) is 46.8 Å². The number of carbonyl (C=O) groups excluding carboxylic acids is 1. The second-order valence-electron chi connectivity index (χ2n) is 5.60. The van der Waals surface area contributed by atoms with Gasteiger partial charge in [0.25, 0.3) is 0 Å². The first kappa shape index (κ1) is 16.6. The summed E-state index contributed by atoms with van der Waals surface area (Å²) in [5, 5.41) is 10.3. The van der Waals surface area contributed by atoms with Crippen LogP contribution in [0, 0.1) is 11.8 Å². The highest BCUT2D eigenvalue weighted by molar-refractivity contribution is 5.86. The van der Waals surface area contributed by atoms with Crippen LogP contribution in [0.3, 0.4) is 0 Å². The third kappa shape index (κ3) is 3.16. The van der Waals surface area contributed by atoms with Crippen molar-refractivity contribution in [3.63, 3.8) is 0 Å². The number of hydrogen-bond donors (Lipinski definition) is 2. The SMILES string of the molecule is CC(C)C1CCN(C(=O)NC(C)(C(=O)O)C(F)(F)F)C1. The van der Waals surface area contributed by atoms with Crippen LogP contribution in [0.15, 0.2) is 0 Å². The minimum atomic E-state index is -5.06. The Balaban J connectivity index is 2.77. The molecule has 2 N–H and O–H groups in total. The minimum Gasteiger partial charge on any atom is -0.479 e. The van der Waals surface area contributed by atoms with Crippen molar-refractivity contribution in [3.8, 4) is 0 Å². The van der Waals surface area contributed by atoms with Gasteiger partial charge in [-0.05, 0) is 25.2 Å². The molecule has 116 valence electrons. The summed E-state index contributed by atoms with van der Waals surface area (Å²) in [5.74, 6) is -1.58. The lowest BCUT2D eigenvalue weighted by atomic mass is 9.95. The number of nitrogens with zero attached hydrogens (tertiary/aromatic N) is 1. The Morgan fingerprint density at radius 3 is 2.25 bits per heavy atom. The first-order valence-corrected chi connectivity index (χ1v) is 6.36. The van der Waals surface area contributed by atoms with Crippen molar-refractivity contribution in [1.82, 2.24) is 10.2 Å². The summed E-state index contributed by atoms with van der Waals surface area (Å²) in [6.45, 7) is 5.08. The molecule has 0 aromatic rings. The predicted octanol–water partition coefficient (Wildman–Crippen LogP) is 2.08. The van der Waals surface area contributed by atoms with Gasteiger partial charge in [0.2, 0.25) is 5.54 Å². The molecule has 2 unspecified atom stereocenters. The van der Waals surface area contributed by atoms with Gasteiger partial charge >= 0.3 is 18.2 Å². The smallest absolute Gasteiger partial charge is 0.422 e. The van der Waals surface area contributed by atoms with Crippen LogP contribution in [-0.2, 0) is 4.79 Å². The zero-order valence-corrected chi connectivity index (χ0v) is 11.6. The Hall–Kier alpha value is -1.47. The standard InChI is InChI=1S/C12H19F3N2O3/c1-7(2)8-4-5-17(6-8)10(20)16-11(3,9(18)19)12(13,14)15/h7-8H,4-6H2,1-3H3,(H,16,20)(H,18,19). The van der Waals surface area contributed by atoms with Crippen LogP contribution in [0.2, 0.25) is 0 Å². The first-order chi connectivity index (χ1) is 8.99. The molecule has 0 aliphatic carbocycles. The van der Waals surface area contributed by atoms with Crippen LogP contribution >= 0.6 is 0 Å². The van der Waals surface area contributed by atoms with Gasteiger partial charge in [-0.25, -0.2) is 9.59 Å². The zero-order valence-electron chi connectivity index (χ0n) is 11.6. The monoisotopic (exact) mass is 296 g/mol. The van der Waals surface area contributed by atoms with E-state index in [9.17, 15) is 22.8 Å². The first-order valence-electron chi connectivity index (χ1n) is 6.36. The van der Waals surface area contributed by atoms with E-state index in [1.54, 1.807) is 5.32 Å². The van der Waals surface area contributed by atoms with Gasteiger partial charge in [-0.3, -0.25) is 0 Å². The van der Waals surface area contributed by atoms with E-state index in [1.807, 2.05) is 13.8 Å². The van der Waals surface area contributed by atoms with E-state index in [4.69, 9.17) is 5.11 Å². The van der Waals surface area contributed by atoms with Gasteiger partial charge in [0.15, 0.2) is 0 Å². The zero-order chi connectivity index (χ0) is 15.7. The molecule has 0 bridgehead atoms. The van der Waals surface area contributed by atoms with E-state index in [1.165, 1.54) is 4.90 Å². The van der Waals surface area contributed by atoms with Gasteiger partial charge in [0.05, 0.1) is 0 Å². The molecule has 1 saturated heterocycles. The van der Waals surface area contributed by atoms with Crippen molar-refractivity contribution >= 4 is 12.0 Å². The highest BCUT2D eigenvalue weighted by Crippen LogP contribution is 2.31. The molecule has 0 saturated carbocycles. The summed E-state index contributed by atoms with van der Waals surface area (Å²) < 4.78 is 38.4. The van der Waals surface area contributed by atoms with Gasteiger partial charge in [0, 0.05) is 13.1 Å². The maximum Gasteiger partial charge on any atom is 0.422 e. The molecule has 8 heteroatoms. The number of likely N-dealkylation sites (tertiary alicyclic amines) is 1. The molecule has 0 aromatic heterocycles. The molecular weight excluding hydrogens is 277 g/mol. The molecule has 2 amide bonds. The van der Waals surface area contributed by atoms with E-state index in [0.29, 0.717) is 32.4 Å². The lowest BCUT2D eigenvalue weighted by Gasteiger charge is -2.30. The van der Waals surface area contributed by atoms with Gasteiger partial charge in [-0.2, -0.15) is 13.2 Å². The summed E-state index contributed by atoms with van der Waals surface area (Å²) in [5.41, 5.74) is -3.28. The van der Waals surface area contributed by atoms with Crippen molar-refractivity contribution in [2.75, 3.05) is 13.1 Å². The number of rotatable bonds is 3. The normalized spacial score (nSPS) is 22.8. The van der Waals surface area contributed by atoms with Gasteiger partial charge < -0.3 is 15.3 Å². The molecule has 2 atom stereocenters. The Morgan fingerprint density at radius 1 is 1.35 bits per heavy atom. The quantitative estimate of drug-likeness (QED) is 0.837. The van der Waals surface area contributed by atoms with Crippen LogP contribution in [0.25, 0.3) is 0 Å². The van der Waals surface area contributed by atoms with Crippen LogP contribution in [0.4, 0.5) is 18.0 Å². The van der Waals surface area contributed by atoms with Crippen molar-refractivity contribution in [1.29, 1.82) is 0 Å². The van der Waals surface area contributed by atoms with Crippen molar-refractivity contribution in [3.05, 3.63) is 0 Å². The van der Waals surface area contributed by atoms with Crippen molar-refractivity contribution in [2.45, 2.75) is 38.9 Å². The third-order valence-corrected chi connectivity index (χ3v) is 3.81. The highest BCUT2D eigenvalue weighted by atomic mass is 19.4. The summed E-state index contributed by atoms with van der Waals surface area (Å²) >= 11 is 0. The Bertz CT molecular complexity index is 398. The second-order valence-corrected chi connectivity index (χ2v) is 5.60. The number of carboxylic acid groups (broad SMARTS) is 1. The molecule has 1 aliphatic rings. The minimum absolute atomic E-state index is 0.225. The number of amides is 2. The molecule has 5 nitrogen and oxygen atoms in total. The molecule has 0 aromatic carbocycles. The molecule has 20 heavy (non-hydrogen) atoms. The fourth-order valence-electron chi connectivity index (χ4n) is 2.05. The van der Waals surface area contributed by atoms with E-state index < -0.39 is 23.7 Å². The number of carbonyl (C=O) groups is 2. The van der Waals surface area contributed by atoms with E-state index >= 15 is 0 Å². The Kier molecular flexibility index (Phi) is 4.55. The average Bonchev–Trinajstić information content (AvgIpc) is 2.76. The number of aliphatic carboxylic acids is 1. The molecule has 0 radical (unpaired) electrons. The third-order valence-electron chi connectivity index (χ3n) is 3.81. The molecule has 1 heterocycles. The predicted molar refractivity (Wildman–Crippen MR) is 65.1 cm³/mol. The lowest BCUT2D eigenvalue weighted by molar-refractivity contribution is -0.203. The van der Waals surface area contributed by atoms with Gasteiger partial charge in [-0.1, -0.05) is 13.8 Å². The number of nitrogens with one attached hydrogen (secondary N) is 1. The van der Waals surface area contributed by atoms with Crippen molar-refractivity contribution in [2.24, 2.45) is 11.8 Å².